The fraction of sp³-hybridized carbons (Fsp3) is 0.857. The molecule has 0 bridgehead atoms. The first-order chi connectivity index (χ1) is 15.7. The Bertz CT molecular complexity index is 841. The van der Waals surface area contributed by atoms with Gasteiger partial charge in [0.1, 0.15) is 0 Å². The molecule has 0 radical (unpaired) electrons. The molecule has 0 N–H and O–H groups in total. The fourth-order valence-electron chi connectivity index (χ4n) is 8.72. The van der Waals surface area contributed by atoms with Crippen molar-refractivity contribution in [2.45, 2.75) is 98.2 Å². The number of oxime groups is 1. The van der Waals surface area contributed by atoms with E-state index in [9.17, 15) is 4.79 Å². The van der Waals surface area contributed by atoms with Gasteiger partial charge in [0.15, 0.2) is 5.79 Å². The van der Waals surface area contributed by atoms with Gasteiger partial charge < -0.3 is 14.3 Å². The molecule has 3 unspecified atom stereocenters. The normalized spacial score (nSPS) is 43.1. The highest BCUT2D eigenvalue weighted by Crippen LogP contribution is 2.68. The minimum Gasteiger partial charge on any atom is -0.348 e. The summed E-state index contributed by atoms with van der Waals surface area (Å²) >= 11 is 0. The zero-order valence-electron chi connectivity index (χ0n) is 21.3. The molecule has 0 amide bonds. The molecule has 0 aromatic rings. The third-order valence-corrected chi connectivity index (χ3v) is 10.3. The molecule has 6 atom stereocenters. The van der Waals surface area contributed by atoms with Crippen LogP contribution < -0.4 is 0 Å². The molecule has 0 aromatic carbocycles. The van der Waals surface area contributed by atoms with E-state index in [1.807, 2.05) is 13.8 Å². The Kier molecular flexibility index (Phi) is 6.05. The molecule has 1 aliphatic heterocycles. The maximum Gasteiger partial charge on any atom is 0.335 e. The first-order valence-electron chi connectivity index (χ1n) is 13.4. The number of hydrogen-bond acceptors (Lipinski definition) is 5. The van der Waals surface area contributed by atoms with Crippen LogP contribution in [0.5, 0.6) is 0 Å². The Morgan fingerprint density at radius 3 is 2.55 bits per heavy atom. The SMILES string of the molecule is CC(C)CC(=O)O/N=C1/C=C2CCC3C(CC[C@@]4(C)C3CC[C@@H]4C3(C)OCCO3)[C@@]2(C)CC1. The van der Waals surface area contributed by atoms with Crippen LogP contribution in [-0.4, -0.2) is 30.7 Å². The van der Waals surface area contributed by atoms with Gasteiger partial charge in [0.2, 0.25) is 0 Å². The second kappa shape index (κ2) is 8.48. The van der Waals surface area contributed by atoms with E-state index < -0.39 is 0 Å². The monoisotopic (exact) mass is 457 g/mol. The molecule has 1 heterocycles. The van der Waals surface area contributed by atoms with Gasteiger partial charge in [-0.3, -0.25) is 0 Å². The minimum absolute atomic E-state index is 0.223. The summed E-state index contributed by atoms with van der Waals surface area (Å²) in [5.41, 5.74) is 3.07. The molecule has 5 nitrogen and oxygen atoms in total. The second-order valence-corrected chi connectivity index (χ2v) is 12.5. The van der Waals surface area contributed by atoms with Crippen LogP contribution in [0.2, 0.25) is 0 Å². The van der Waals surface area contributed by atoms with Crippen molar-refractivity contribution in [3.8, 4) is 0 Å². The van der Waals surface area contributed by atoms with Crippen molar-refractivity contribution in [2.24, 2.45) is 45.6 Å². The Morgan fingerprint density at radius 2 is 1.82 bits per heavy atom. The zero-order chi connectivity index (χ0) is 23.4. The number of carbonyl (C=O) groups is 1. The maximum atomic E-state index is 11.9. The summed E-state index contributed by atoms with van der Waals surface area (Å²) in [6.45, 7) is 12.8. The van der Waals surface area contributed by atoms with Gasteiger partial charge in [0.25, 0.3) is 0 Å². The van der Waals surface area contributed by atoms with E-state index in [1.54, 1.807) is 5.57 Å². The third-order valence-electron chi connectivity index (χ3n) is 10.3. The van der Waals surface area contributed by atoms with Crippen LogP contribution in [0.4, 0.5) is 0 Å². The van der Waals surface area contributed by atoms with Crippen LogP contribution in [-0.2, 0) is 19.1 Å². The summed E-state index contributed by atoms with van der Waals surface area (Å²) in [5, 5.41) is 4.25. The zero-order valence-corrected chi connectivity index (χ0v) is 21.3. The van der Waals surface area contributed by atoms with E-state index in [1.165, 1.54) is 32.1 Å². The van der Waals surface area contributed by atoms with Gasteiger partial charge in [-0.25, -0.2) is 4.79 Å². The smallest absolute Gasteiger partial charge is 0.335 e. The van der Waals surface area contributed by atoms with Crippen molar-refractivity contribution in [1.82, 2.24) is 0 Å². The quantitative estimate of drug-likeness (QED) is 0.368. The summed E-state index contributed by atoms with van der Waals surface area (Å²) < 4.78 is 12.3. The average molecular weight is 458 g/mol. The molecular weight excluding hydrogens is 414 g/mol. The molecule has 3 saturated carbocycles. The number of nitrogens with zero attached hydrogens (tertiary/aromatic N) is 1. The summed E-state index contributed by atoms with van der Waals surface area (Å²) in [7, 11) is 0. The highest BCUT2D eigenvalue weighted by molar-refractivity contribution is 5.96. The van der Waals surface area contributed by atoms with Crippen molar-refractivity contribution in [3.05, 3.63) is 11.6 Å². The fourth-order valence-corrected chi connectivity index (χ4v) is 8.72. The standard InChI is InChI=1S/C28H43NO4/c1-18(2)16-25(30)33-29-20-10-12-26(3)19(17-20)6-7-21-22-8-9-24(28(5)31-14-15-32-28)27(22,4)13-11-23(21)26/h17-18,21-24H,6-16H2,1-5H3/b29-20+/t21?,22?,23?,24-,26-,27-/m0/s1. The van der Waals surface area contributed by atoms with Crippen molar-refractivity contribution in [1.29, 1.82) is 0 Å². The van der Waals surface area contributed by atoms with Gasteiger partial charge in [-0.1, -0.05) is 38.4 Å². The number of ether oxygens (including phenoxy) is 2. The molecule has 184 valence electrons. The number of fused-ring (bicyclic) bond motifs is 5. The molecule has 0 spiro atoms. The van der Waals surface area contributed by atoms with E-state index in [2.05, 4.69) is 32.0 Å². The lowest BCUT2D eigenvalue weighted by atomic mass is 9.46. The van der Waals surface area contributed by atoms with E-state index in [0.29, 0.717) is 23.7 Å². The molecule has 5 aliphatic rings. The molecule has 1 saturated heterocycles. The van der Waals surface area contributed by atoms with E-state index >= 15 is 0 Å². The van der Waals surface area contributed by atoms with E-state index in [4.69, 9.17) is 14.3 Å². The average Bonchev–Trinajstić information content (AvgIpc) is 3.35. The topological polar surface area (TPSA) is 57.1 Å². The maximum absolute atomic E-state index is 11.9. The lowest BCUT2D eigenvalue weighted by Gasteiger charge is -2.59. The molecule has 0 aromatic heterocycles. The Morgan fingerprint density at radius 1 is 1.06 bits per heavy atom. The van der Waals surface area contributed by atoms with Gasteiger partial charge in [0, 0.05) is 5.92 Å². The van der Waals surface area contributed by atoms with E-state index in [0.717, 1.165) is 55.9 Å². The molecular formula is C28H43NO4. The first-order valence-corrected chi connectivity index (χ1v) is 13.4. The van der Waals surface area contributed by atoms with Crippen LogP contribution in [0.25, 0.3) is 0 Å². The molecule has 33 heavy (non-hydrogen) atoms. The summed E-state index contributed by atoms with van der Waals surface area (Å²) in [6.07, 6.45) is 12.3. The number of allylic oxidation sites excluding steroid dienone is 2. The number of hydrogen-bond donors (Lipinski definition) is 0. The summed E-state index contributed by atoms with van der Waals surface area (Å²) in [4.78, 5) is 17.2. The highest BCUT2D eigenvalue weighted by Gasteiger charge is 2.63. The lowest BCUT2D eigenvalue weighted by molar-refractivity contribution is -0.214. The van der Waals surface area contributed by atoms with Gasteiger partial charge in [-0.15, -0.1) is 0 Å². The number of rotatable bonds is 4. The summed E-state index contributed by atoms with van der Waals surface area (Å²) in [6, 6.07) is 0. The Labute approximate surface area is 199 Å². The Balaban J connectivity index is 1.32. The molecule has 4 aliphatic carbocycles. The summed E-state index contributed by atoms with van der Waals surface area (Å²) in [5.74, 6) is 2.51. The van der Waals surface area contributed by atoms with Gasteiger partial charge >= 0.3 is 5.97 Å². The van der Waals surface area contributed by atoms with Crippen molar-refractivity contribution in [2.75, 3.05) is 13.2 Å². The van der Waals surface area contributed by atoms with Crippen molar-refractivity contribution >= 4 is 11.7 Å². The lowest BCUT2D eigenvalue weighted by Crippen LogP contribution is -2.53. The van der Waals surface area contributed by atoms with Crippen LogP contribution in [0.15, 0.2) is 16.8 Å². The molecule has 4 fully saturated rings. The second-order valence-electron chi connectivity index (χ2n) is 12.5. The predicted molar refractivity (Wildman–Crippen MR) is 128 cm³/mol. The predicted octanol–water partition coefficient (Wildman–Crippen LogP) is 6.27. The third kappa shape index (κ3) is 3.91. The minimum atomic E-state index is -0.386. The van der Waals surface area contributed by atoms with Crippen molar-refractivity contribution < 1.29 is 19.1 Å². The molecule has 5 rings (SSSR count). The van der Waals surface area contributed by atoms with Crippen LogP contribution >= 0.6 is 0 Å². The largest absolute Gasteiger partial charge is 0.348 e. The highest BCUT2D eigenvalue weighted by atomic mass is 16.7. The van der Waals surface area contributed by atoms with E-state index in [-0.39, 0.29) is 17.2 Å². The van der Waals surface area contributed by atoms with Crippen LogP contribution in [0, 0.1) is 40.4 Å². The van der Waals surface area contributed by atoms with Gasteiger partial charge in [-0.05, 0) is 98.9 Å². The van der Waals surface area contributed by atoms with Crippen molar-refractivity contribution in [3.63, 3.8) is 0 Å². The molecule has 5 heteroatoms. The van der Waals surface area contributed by atoms with Gasteiger partial charge in [0.05, 0.1) is 25.3 Å². The first kappa shape index (κ1) is 23.5. The van der Waals surface area contributed by atoms with Gasteiger partial charge in [-0.2, -0.15) is 0 Å². The van der Waals surface area contributed by atoms with Crippen LogP contribution in [0.3, 0.4) is 0 Å². The Hall–Kier alpha value is -1.20. The number of carbonyl (C=O) groups excluding carboxylic acids is 1. The van der Waals surface area contributed by atoms with Crippen LogP contribution in [0.1, 0.15) is 92.4 Å².